The third kappa shape index (κ3) is 4.39. The van der Waals surface area contributed by atoms with Gasteiger partial charge in [-0.1, -0.05) is 6.07 Å². The molecule has 0 amide bonds. The number of benzene rings is 2. The largest absolute Gasteiger partial charge is 0.507 e. The minimum absolute atomic E-state index is 0.0823. The van der Waals surface area contributed by atoms with Crippen molar-refractivity contribution in [2.24, 2.45) is 0 Å². The van der Waals surface area contributed by atoms with Crippen LogP contribution in [0.1, 0.15) is 11.1 Å². The Morgan fingerprint density at radius 1 is 0.963 bits per heavy atom. The number of hydrogen-bond acceptors (Lipinski definition) is 5. The molecule has 0 aromatic heterocycles. The lowest BCUT2D eigenvalue weighted by Gasteiger charge is -2.36. The number of phenols is 2. The van der Waals surface area contributed by atoms with Crippen molar-refractivity contribution in [3.63, 3.8) is 0 Å². The van der Waals surface area contributed by atoms with Crippen molar-refractivity contribution >= 4 is 5.69 Å². The predicted molar refractivity (Wildman–Crippen MR) is 95.3 cm³/mol. The lowest BCUT2D eigenvalue weighted by molar-refractivity contribution is -0.138. The van der Waals surface area contributed by atoms with Crippen LogP contribution in [0.25, 0.3) is 0 Å². The first-order chi connectivity index (χ1) is 12.8. The number of phenolic OH excluding ortho intramolecular Hbond substituents is 2. The van der Waals surface area contributed by atoms with Crippen LogP contribution in [0.2, 0.25) is 0 Å². The van der Waals surface area contributed by atoms with Crippen molar-refractivity contribution in [1.82, 2.24) is 4.90 Å². The zero-order valence-electron chi connectivity index (χ0n) is 14.8. The number of aromatic hydroxyl groups is 2. The topological polar surface area (TPSA) is 56.2 Å². The molecule has 27 heavy (non-hydrogen) atoms. The lowest BCUT2D eigenvalue weighted by Crippen LogP contribution is -2.46. The number of anilines is 1. The van der Waals surface area contributed by atoms with E-state index in [0.717, 1.165) is 17.7 Å². The summed E-state index contributed by atoms with van der Waals surface area (Å²) in [5.41, 5.74) is 0.423. The third-order valence-corrected chi connectivity index (χ3v) is 4.67. The van der Waals surface area contributed by atoms with Gasteiger partial charge in [0.25, 0.3) is 0 Å². The molecule has 0 radical (unpaired) electrons. The molecule has 1 heterocycles. The van der Waals surface area contributed by atoms with Crippen LogP contribution in [0.15, 0.2) is 36.4 Å². The fourth-order valence-electron chi connectivity index (χ4n) is 3.19. The summed E-state index contributed by atoms with van der Waals surface area (Å²) in [6.07, 6.45) is -4.58. The van der Waals surface area contributed by atoms with E-state index in [1.165, 1.54) is 13.2 Å². The van der Waals surface area contributed by atoms with Crippen LogP contribution < -0.4 is 9.64 Å². The number of alkyl halides is 3. The van der Waals surface area contributed by atoms with Crippen molar-refractivity contribution in [2.45, 2.75) is 12.7 Å². The number of hydrogen-bond donors (Lipinski definition) is 2. The zero-order valence-corrected chi connectivity index (χ0v) is 14.8. The molecule has 5 nitrogen and oxygen atoms in total. The Bertz CT molecular complexity index is 803. The van der Waals surface area contributed by atoms with E-state index in [1.807, 2.05) is 11.0 Å². The predicted octanol–water partition coefficient (Wildman–Crippen LogP) is 3.45. The third-order valence-electron chi connectivity index (χ3n) is 4.67. The summed E-state index contributed by atoms with van der Waals surface area (Å²) in [5, 5.41) is 19.1. The molecule has 1 saturated heterocycles. The van der Waals surface area contributed by atoms with Crippen LogP contribution in [0, 0.1) is 0 Å². The average Bonchev–Trinajstić information content (AvgIpc) is 2.63. The molecule has 1 aliphatic rings. The number of methoxy groups -OCH3 is 1. The zero-order chi connectivity index (χ0) is 19.6. The van der Waals surface area contributed by atoms with Crippen molar-refractivity contribution in [1.29, 1.82) is 0 Å². The van der Waals surface area contributed by atoms with Gasteiger partial charge in [0, 0.05) is 38.4 Å². The van der Waals surface area contributed by atoms with Crippen LogP contribution in [0.5, 0.6) is 17.2 Å². The van der Waals surface area contributed by atoms with Crippen LogP contribution >= 0.6 is 0 Å². The first-order valence-electron chi connectivity index (χ1n) is 8.51. The van der Waals surface area contributed by atoms with Gasteiger partial charge in [0.15, 0.2) is 11.5 Å². The Labute approximate surface area is 155 Å². The molecule has 2 aromatic rings. The summed E-state index contributed by atoms with van der Waals surface area (Å²) in [5.74, 6) is -0.264. The summed E-state index contributed by atoms with van der Waals surface area (Å²) in [7, 11) is 1.49. The van der Waals surface area contributed by atoms with E-state index in [0.29, 0.717) is 44.2 Å². The Morgan fingerprint density at radius 3 is 2.26 bits per heavy atom. The molecule has 3 rings (SSSR count). The van der Waals surface area contributed by atoms with E-state index in [9.17, 15) is 23.4 Å². The molecule has 8 heteroatoms. The molecule has 0 saturated carbocycles. The Kier molecular flexibility index (Phi) is 5.36. The molecule has 1 aliphatic heterocycles. The minimum Gasteiger partial charge on any atom is -0.507 e. The molecule has 1 fully saturated rings. The summed E-state index contributed by atoms with van der Waals surface area (Å²) in [6, 6.07) is 8.77. The van der Waals surface area contributed by atoms with E-state index in [4.69, 9.17) is 4.74 Å². The van der Waals surface area contributed by atoms with Crippen LogP contribution in [-0.4, -0.2) is 48.4 Å². The quantitative estimate of drug-likeness (QED) is 0.848. The standard InChI is InChI=1S/C19H21F3N2O3/c1-27-18-10-13(2-4-17(18)26)12-23-6-8-24(9-7-23)14-3-5-16(25)15(11-14)19(20,21)22/h2-5,10-11,25-26H,6-9,12H2,1H3. The molecule has 2 aromatic carbocycles. The maximum Gasteiger partial charge on any atom is 0.420 e. The van der Waals surface area contributed by atoms with Gasteiger partial charge in [-0.05, 0) is 35.9 Å². The molecule has 0 unspecified atom stereocenters. The Morgan fingerprint density at radius 2 is 1.63 bits per heavy atom. The van der Waals surface area contributed by atoms with Crippen molar-refractivity contribution in [3.8, 4) is 17.2 Å². The van der Waals surface area contributed by atoms with Gasteiger partial charge in [0.1, 0.15) is 5.75 Å². The van der Waals surface area contributed by atoms with Gasteiger partial charge in [0.05, 0.1) is 12.7 Å². The van der Waals surface area contributed by atoms with Gasteiger partial charge in [-0.15, -0.1) is 0 Å². The van der Waals surface area contributed by atoms with E-state index < -0.39 is 17.5 Å². The summed E-state index contributed by atoms with van der Waals surface area (Å²) in [4.78, 5) is 4.07. The first-order valence-corrected chi connectivity index (χ1v) is 8.51. The summed E-state index contributed by atoms with van der Waals surface area (Å²) < 4.78 is 44.0. The normalized spacial score (nSPS) is 15.8. The lowest BCUT2D eigenvalue weighted by atomic mass is 10.1. The highest BCUT2D eigenvalue weighted by Crippen LogP contribution is 2.38. The molecule has 146 valence electrons. The Hall–Kier alpha value is -2.61. The summed E-state index contributed by atoms with van der Waals surface area (Å²) >= 11 is 0. The minimum atomic E-state index is -4.58. The van der Waals surface area contributed by atoms with Gasteiger partial charge >= 0.3 is 6.18 Å². The average molecular weight is 382 g/mol. The molecule has 2 N–H and O–H groups in total. The van der Waals surface area contributed by atoms with Crippen LogP contribution in [0.4, 0.5) is 18.9 Å². The van der Waals surface area contributed by atoms with E-state index in [-0.39, 0.29) is 5.75 Å². The molecular formula is C19H21F3N2O3. The number of ether oxygens (including phenoxy) is 1. The molecule has 0 bridgehead atoms. The van der Waals surface area contributed by atoms with E-state index in [1.54, 1.807) is 12.1 Å². The van der Waals surface area contributed by atoms with Crippen LogP contribution in [0.3, 0.4) is 0 Å². The second-order valence-electron chi connectivity index (χ2n) is 6.47. The van der Waals surface area contributed by atoms with Crippen molar-refractivity contribution < 1.29 is 28.1 Å². The molecule has 0 atom stereocenters. The van der Waals surface area contributed by atoms with Gasteiger partial charge in [-0.25, -0.2) is 0 Å². The second-order valence-corrected chi connectivity index (χ2v) is 6.47. The van der Waals surface area contributed by atoms with Crippen molar-refractivity contribution in [2.75, 3.05) is 38.2 Å². The van der Waals surface area contributed by atoms with Crippen molar-refractivity contribution in [3.05, 3.63) is 47.5 Å². The number of rotatable bonds is 4. The van der Waals surface area contributed by atoms with Crippen LogP contribution in [-0.2, 0) is 12.7 Å². The number of piperazine rings is 1. The maximum absolute atomic E-state index is 13.0. The smallest absolute Gasteiger partial charge is 0.420 e. The van der Waals surface area contributed by atoms with E-state index in [2.05, 4.69) is 4.90 Å². The van der Waals surface area contributed by atoms with Gasteiger partial charge in [-0.3, -0.25) is 4.90 Å². The fourth-order valence-corrected chi connectivity index (χ4v) is 3.19. The van der Waals surface area contributed by atoms with Gasteiger partial charge in [0.2, 0.25) is 0 Å². The Balaban J connectivity index is 1.64. The highest BCUT2D eigenvalue weighted by molar-refractivity contribution is 5.54. The highest BCUT2D eigenvalue weighted by atomic mass is 19.4. The highest BCUT2D eigenvalue weighted by Gasteiger charge is 2.34. The summed E-state index contributed by atoms with van der Waals surface area (Å²) in [6.45, 7) is 3.19. The maximum atomic E-state index is 13.0. The second kappa shape index (κ2) is 7.56. The van der Waals surface area contributed by atoms with Gasteiger partial charge < -0.3 is 19.8 Å². The monoisotopic (exact) mass is 382 g/mol. The molecular weight excluding hydrogens is 361 g/mol. The van der Waals surface area contributed by atoms with E-state index >= 15 is 0 Å². The first kappa shape index (κ1) is 19.2. The molecule has 0 aliphatic carbocycles. The van der Waals surface area contributed by atoms with Gasteiger partial charge in [-0.2, -0.15) is 13.2 Å². The number of nitrogens with zero attached hydrogens (tertiary/aromatic N) is 2. The molecule has 0 spiro atoms. The SMILES string of the molecule is COc1cc(CN2CCN(c3ccc(O)c(C(F)(F)F)c3)CC2)ccc1O. The number of halogens is 3. The fraction of sp³-hybridized carbons (Fsp3) is 0.368.